The van der Waals surface area contributed by atoms with E-state index < -0.39 is 9.49 Å². The number of benzene rings is 1. The normalized spacial score (nSPS) is 28.4. The van der Waals surface area contributed by atoms with Crippen molar-refractivity contribution in [3.63, 3.8) is 0 Å². The molecule has 2 saturated carbocycles. The van der Waals surface area contributed by atoms with Crippen LogP contribution in [-0.4, -0.2) is 27.5 Å². The molecule has 38 heavy (non-hydrogen) atoms. The molecule has 10 heteroatoms. The van der Waals surface area contributed by atoms with Crippen molar-refractivity contribution in [1.29, 1.82) is 0 Å². The van der Waals surface area contributed by atoms with Crippen molar-refractivity contribution in [3.05, 3.63) is 39.1 Å². The van der Waals surface area contributed by atoms with Crippen molar-refractivity contribution in [2.75, 3.05) is 0 Å². The Morgan fingerprint density at radius 2 is 1.63 bits per heavy atom. The molecule has 0 N–H and O–H groups in total. The highest BCUT2D eigenvalue weighted by atomic mass is 32.2. The van der Waals surface area contributed by atoms with Gasteiger partial charge in [0.2, 0.25) is 0 Å². The summed E-state index contributed by atoms with van der Waals surface area (Å²) in [7, 11) is 0. The number of carbonyl (C=O) groups is 2. The number of ether oxygens (including phenoxy) is 2. The molecule has 3 aliphatic carbocycles. The molecule has 0 aromatic heterocycles. The van der Waals surface area contributed by atoms with Crippen molar-refractivity contribution in [2.45, 2.75) is 108 Å². The molecule has 8 nitrogen and oxygen atoms in total. The maximum Gasteiger partial charge on any atom is 0.312 e. The molecule has 0 bridgehead atoms. The maximum absolute atomic E-state index is 12.7. The molecule has 0 amide bonds. The number of esters is 2. The van der Waals surface area contributed by atoms with Crippen LogP contribution >= 0.6 is 23.9 Å². The highest BCUT2D eigenvalue weighted by Gasteiger charge is 2.56. The Bertz CT molecular complexity index is 1090. The third kappa shape index (κ3) is 6.27. The van der Waals surface area contributed by atoms with Gasteiger partial charge in [0.15, 0.2) is 0 Å². The van der Waals surface area contributed by atoms with Gasteiger partial charge in [-0.05, 0) is 107 Å². The Balaban J connectivity index is 1.41. The zero-order valence-corrected chi connectivity index (χ0v) is 24.5. The maximum atomic E-state index is 12.7. The Hall–Kier alpha value is -1.94. The number of hydrogen-bond donors (Lipinski definition) is 0. The van der Waals surface area contributed by atoms with E-state index in [2.05, 4.69) is 22.2 Å². The molecule has 0 saturated heterocycles. The zero-order chi connectivity index (χ0) is 27.7. The van der Waals surface area contributed by atoms with Crippen molar-refractivity contribution < 1.29 is 19.1 Å². The van der Waals surface area contributed by atoms with E-state index >= 15 is 0 Å². The van der Waals surface area contributed by atoms with E-state index in [9.17, 15) is 19.4 Å². The molecule has 1 aromatic rings. The number of carbonyl (C=O) groups excluding carboxylic acids is 2. The number of fused-ring (bicyclic) bond motifs is 5. The summed E-state index contributed by atoms with van der Waals surface area (Å²) in [5.74, 6) is 1.42. The van der Waals surface area contributed by atoms with Crippen LogP contribution in [0.2, 0.25) is 0 Å². The summed E-state index contributed by atoms with van der Waals surface area (Å²) in [4.78, 5) is 46.4. The van der Waals surface area contributed by atoms with E-state index in [-0.39, 0.29) is 36.3 Å². The third-order valence-corrected chi connectivity index (χ3v) is 10.3. The van der Waals surface area contributed by atoms with Crippen LogP contribution in [0.15, 0.2) is 27.4 Å². The van der Waals surface area contributed by atoms with Crippen LogP contribution in [0.3, 0.4) is 0 Å². The number of nitroso groups, excluding NO2 is 2. The minimum atomic E-state index is -0.607. The van der Waals surface area contributed by atoms with Gasteiger partial charge < -0.3 is 9.47 Å². The van der Waals surface area contributed by atoms with Crippen LogP contribution in [0, 0.1) is 27.1 Å². The molecule has 0 spiro atoms. The monoisotopic (exact) mass is 562 g/mol. The first-order valence-electron chi connectivity index (χ1n) is 13.4. The van der Waals surface area contributed by atoms with Crippen molar-refractivity contribution >= 4 is 35.8 Å². The molecule has 3 aliphatic rings. The molecule has 5 atom stereocenters. The fraction of sp³-hybridized carbons (Fsp3) is 0.714. The van der Waals surface area contributed by atoms with Gasteiger partial charge >= 0.3 is 11.9 Å². The molecule has 0 radical (unpaired) electrons. The van der Waals surface area contributed by atoms with Crippen LogP contribution in [0.25, 0.3) is 0 Å². The molecule has 0 heterocycles. The summed E-state index contributed by atoms with van der Waals surface area (Å²) < 4.78 is 16.2. The number of aryl methyl sites for hydroxylation is 1. The molecular formula is C28H38N2O6S2. The fourth-order valence-electron chi connectivity index (χ4n) is 7.10. The molecule has 1 aromatic carbocycles. The summed E-state index contributed by atoms with van der Waals surface area (Å²) in [6.45, 7) is 9.56. The van der Waals surface area contributed by atoms with Gasteiger partial charge in [0, 0.05) is 48.0 Å². The van der Waals surface area contributed by atoms with Crippen molar-refractivity contribution in [2.24, 2.45) is 26.4 Å². The summed E-state index contributed by atoms with van der Waals surface area (Å²) in [5.41, 5.74) is 2.56. The zero-order valence-electron chi connectivity index (χ0n) is 22.9. The topological polar surface area (TPSA) is 111 Å². The van der Waals surface area contributed by atoms with Gasteiger partial charge in [0.05, 0.1) is 12.8 Å². The Morgan fingerprint density at radius 3 is 2.29 bits per heavy atom. The third-order valence-electron chi connectivity index (χ3n) is 8.83. The molecule has 208 valence electrons. The van der Waals surface area contributed by atoms with Crippen LogP contribution in [0.5, 0.6) is 5.75 Å². The smallest absolute Gasteiger partial charge is 0.312 e. The predicted molar refractivity (Wildman–Crippen MR) is 151 cm³/mol. The first-order chi connectivity index (χ1) is 17.9. The van der Waals surface area contributed by atoms with Crippen molar-refractivity contribution in [3.8, 4) is 5.75 Å². The van der Waals surface area contributed by atoms with E-state index in [0.717, 1.165) is 62.4 Å². The fourth-order valence-corrected chi connectivity index (χ4v) is 7.87. The average molecular weight is 563 g/mol. The summed E-state index contributed by atoms with van der Waals surface area (Å²) in [6, 6.07) is 6.01. The summed E-state index contributed by atoms with van der Waals surface area (Å²) >= 11 is 1.73. The van der Waals surface area contributed by atoms with Gasteiger partial charge in [0.1, 0.15) is 11.9 Å². The lowest BCUT2D eigenvalue weighted by atomic mass is 9.55. The second-order valence-electron chi connectivity index (χ2n) is 12.6. The molecule has 0 aliphatic heterocycles. The van der Waals surface area contributed by atoms with Gasteiger partial charge in [-0.1, -0.05) is 13.0 Å². The Labute approximate surface area is 233 Å². The van der Waals surface area contributed by atoms with Crippen LogP contribution in [0.4, 0.5) is 0 Å². The van der Waals surface area contributed by atoms with E-state index in [1.54, 1.807) is 13.8 Å². The highest BCUT2D eigenvalue weighted by molar-refractivity contribution is 7.99. The van der Waals surface area contributed by atoms with Crippen LogP contribution in [-0.2, 0) is 20.7 Å². The first kappa shape index (κ1) is 29.1. The number of rotatable bonds is 10. The van der Waals surface area contributed by atoms with E-state index in [4.69, 9.17) is 9.47 Å². The highest BCUT2D eigenvalue weighted by Crippen LogP contribution is 2.61. The first-order valence-corrected chi connectivity index (χ1v) is 15.0. The van der Waals surface area contributed by atoms with Gasteiger partial charge in [-0.15, -0.1) is 9.81 Å². The minimum Gasteiger partial charge on any atom is -0.462 e. The van der Waals surface area contributed by atoms with Gasteiger partial charge in [-0.2, -0.15) is 0 Å². The second kappa shape index (κ2) is 11.3. The van der Waals surface area contributed by atoms with E-state index in [0.29, 0.717) is 23.5 Å². The standard InChI is InChI=1S/C28H38N2O6S2/c1-26(2,37-29-33)15-24(31)35-18-7-9-19-17(14-18)6-8-21-20(19)12-13-28(5)22(21)10-11-23(28)36-25(32)16-27(3,4)38-30-34/h7,9,14,20-23H,6,8,10-13,15-16H2,1-5H3/t20-,21-,22+,23+,28+/m1/s1. The van der Waals surface area contributed by atoms with Crippen LogP contribution in [0.1, 0.15) is 96.6 Å². The van der Waals surface area contributed by atoms with Gasteiger partial charge in [0.25, 0.3) is 0 Å². The lowest BCUT2D eigenvalue weighted by Crippen LogP contribution is -2.45. The molecule has 2 fully saturated rings. The number of nitrogens with zero attached hydrogens (tertiary/aromatic N) is 2. The second-order valence-corrected chi connectivity index (χ2v) is 15.4. The van der Waals surface area contributed by atoms with E-state index in [1.807, 2.05) is 26.0 Å². The Morgan fingerprint density at radius 1 is 0.974 bits per heavy atom. The average Bonchev–Trinajstić information content (AvgIpc) is 3.13. The lowest BCUT2D eigenvalue weighted by Gasteiger charge is -2.50. The quantitative estimate of drug-likeness (QED) is 0.124. The predicted octanol–water partition coefficient (Wildman–Crippen LogP) is 7.53. The number of hydrogen-bond acceptors (Lipinski definition) is 10. The van der Waals surface area contributed by atoms with Crippen molar-refractivity contribution in [1.82, 2.24) is 0 Å². The lowest BCUT2D eigenvalue weighted by molar-refractivity contribution is -0.158. The molecular weight excluding hydrogens is 524 g/mol. The summed E-state index contributed by atoms with van der Waals surface area (Å²) in [5, 5.41) is 0. The van der Waals surface area contributed by atoms with Gasteiger partial charge in [-0.3, -0.25) is 9.59 Å². The molecule has 4 rings (SSSR count). The van der Waals surface area contributed by atoms with Crippen LogP contribution < -0.4 is 4.74 Å². The van der Waals surface area contributed by atoms with E-state index in [1.165, 1.54) is 11.1 Å². The largest absolute Gasteiger partial charge is 0.462 e. The Kier molecular flexibility index (Phi) is 8.62. The minimum absolute atomic E-state index is 0.0365. The van der Waals surface area contributed by atoms with Gasteiger partial charge in [-0.25, -0.2) is 0 Å². The summed E-state index contributed by atoms with van der Waals surface area (Å²) in [6.07, 6.45) is 6.14. The molecule has 0 unspecified atom stereocenters. The SMILES string of the molecule is CC(C)(CC(=O)Oc1ccc2c(c1)CC[C@@H]1[C@@H]2CC[C@]2(C)[C@@H](OC(=O)CC(C)(C)SN=O)CC[C@@H]12)SN=O.